The molecule has 23 heavy (non-hydrogen) atoms. The van der Waals surface area contributed by atoms with E-state index in [-0.39, 0.29) is 0 Å². The van der Waals surface area contributed by atoms with E-state index in [0.29, 0.717) is 0 Å². The monoisotopic (exact) mass is 325 g/mol. The molecule has 0 spiro atoms. The van der Waals surface area contributed by atoms with Crippen LogP contribution in [0.4, 0.5) is 0 Å². The minimum atomic E-state index is 0.878. The smallest absolute Gasteiger partial charge is 0.00187 e. The third-order valence-electron chi connectivity index (χ3n) is 4.91. The molecule has 0 fully saturated rings. The molecule has 0 bridgehead atoms. The standard InChI is InChI=1S/C22H47N/c1-5-7-9-11-15-19-23(20-16-12-10-8-6-2)21-17-13-14-18-22(3)4/h22H,5-21H2,1-4H3. The molecule has 0 aliphatic rings. The van der Waals surface area contributed by atoms with Crippen LogP contribution in [-0.2, 0) is 0 Å². The van der Waals surface area contributed by atoms with Gasteiger partial charge in [-0.2, -0.15) is 0 Å². The summed E-state index contributed by atoms with van der Waals surface area (Å²) in [7, 11) is 0. The molecule has 0 aliphatic carbocycles. The lowest BCUT2D eigenvalue weighted by Crippen LogP contribution is -2.27. The SMILES string of the molecule is CCCCCCCN(CCCCCCC)CCCCCC(C)C. The van der Waals surface area contributed by atoms with Gasteiger partial charge < -0.3 is 4.90 Å². The molecule has 0 unspecified atom stereocenters. The number of rotatable bonds is 18. The maximum absolute atomic E-state index is 2.77. The number of nitrogens with zero attached hydrogens (tertiary/aromatic N) is 1. The van der Waals surface area contributed by atoms with Crippen LogP contribution in [0.15, 0.2) is 0 Å². The Morgan fingerprint density at radius 3 is 1.30 bits per heavy atom. The van der Waals surface area contributed by atoms with Crippen LogP contribution in [0.3, 0.4) is 0 Å². The van der Waals surface area contributed by atoms with Crippen molar-refractivity contribution in [2.45, 2.75) is 118 Å². The van der Waals surface area contributed by atoms with Crippen LogP contribution in [0.25, 0.3) is 0 Å². The Hall–Kier alpha value is -0.0400. The molecule has 0 heterocycles. The summed E-state index contributed by atoms with van der Waals surface area (Å²) in [4.78, 5) is 2.77. The summed E-state index contributed by atoms with van der Waals surface area (Å²) in [5, 5.41) is 0. The van der Waals surface area contributed by atoms with Crippen molar-refractivity contribution in [3.05, 3.63) is 0 Å². The molecule has 1 nitrogen and oxygen atoms in total. The highest BCUT2D eigenvalue weighted by Gasteiger charge is 2.05. The molecule has 0 saturated carbocycles. The van der Waals surface area contributed by atoms with E-state index in [2.05, 4.69) is 32.6 Å². The predicted molar refractivity (Wildman–Crippen MR) is 107 cm³/mol. The van der Waals surface area contributed by atoms with Crippen molar-refractivity contribution in [1.29, 1.82) is 0 Å². The van der Waals surface area contributed by atoms with Crippen LogP contribution in [0.5, 0.6) is 0 Å². The quantitative estimate of drug-likeness (QED) is 0.237. The van der Waals surface area contributed by atoms with Gasteiger partial charge in [-0.3, -0.25) is 0 Å². The maximum atomic E-state index is 2.77. The van der Waals surface area contributed by atoms with E-state index in [1.807, 2.05) is 0 Å². The van der Waals surface area contributed by atoms with E-state index >= 15 is 0 Å². The summed E-state index contributed by atoms with van der Waals surface area (Å²) in [5.41, 5.74) is 0. The summed E-state index contributed by atoms with van der Waals surface area (Å²) < 4.78 is 0. The highest BCUT2D eigenvalue weighted by molar-refractivity contribution is 4.60. The lowest BCUT2D eigenvalue weighted by Gasteiger charge is -2.22. The number of unbranched alkanes of at least 4 members (excludes halogenated alkanes) is 10. The Morgan fingerprint density at radius 1 is 0.522 bits per heavy atom. The van der Waals surface area contributed by atoms with Crippen molar-refractivity contribution in [3.8, 4) is 0 Å². The molecular weight excluding hydrogens is 278 g/mol. The molecule has 0 radical (unpaired) electrons. The van der Waals surface area contributed by atoms with E-state index in [9.17, 15) is 0 Å². The Kier molecular flexibility index (Phi) is 18.3. The first-order chi connectivity index (χ1) is 11.2. The first kappa shape index (κ1) is 23.0. The van der Waals surface area contributed by atoms with Gasteiger partial charge in [0.25, 0.3) is 0 Å². The molecule has 0 rings (SSSR count). The molecule has 0 aromatic rings. The Labute approximate surface area is 148 Å². The summed E-state index contributed by atoms with van der Waals surface area (Å²) in [6.07, 6.45) is 19.8. The van der Waals surface area contributed by atoms with Crippen molar-refractivity contribution >= 4 is 0 Å². The van der Waals surface area contributed by atoms with Crippen molar-refractivity contribution < 1.29 is 0 Å². The fraction of sp³-hybridized carbons (Fsp3) is 1.00. The molecule has 0 aromatic heterocycles. The second kappa shape index (κ2) is 18.3. The summed E-state index contributed by atoms with van der Waals surface area (Å²) in [6.45, 7) is 13.3. The summed E-state index contributed by atoms with van der Waals surface area (Å²) in [5.74, 6) is 0.878. The van der Waals surface area contributed by atoms with Gasteiger partial charge in [0.15, 0.2) is 0 Å². The van der Waals surface area contributed by atoms with Gasteiger partial charge in [0.05, 0.1) is 0 Å². The van der Waals surface area contributed by atoms with Crippen molar-refractivity contribution in [2.24, 2.45) is 5.92 Å². The molecule has 140 valence electrons. The van der Waals surface area contributed by atoms with E-state index in [1.165, 1.54) is 110 Å². The summed E-state index contributed by atoms with van der Waals surface area (Å²) >= 11 is 0. The molecule has 1 heteroatoms. The third kappa shape index (κ3) is 18.1. The Balaban J connectivity index is 3.77. The van der Waals surface area contributed by atoms with Crippen LogP contribution >= 0.6 is 0 Å². The average Bonchev–Trinajstić information content (AvgIpc) is 2.53. The van der Waals surface area contributed by atoms with Crippen molar-refractivity contribution in [1.82, 2.24) is 4.90 Å². The zero-order valence-electron chi connectivity index (χ0n) is 17.0. The van der Waals surface area contributed by atoms with E-state index in [4.69, 9.17) is 0 Å². The van der Waals surface area contributed by atoms with Crippen LogP contribution in [0.1, 0.15) is 118 Å². The van der Waals surface area contributed by atoms with Gasteiger partial charge >= 0.3 is 0 Å². The highest BCUT2D eigenvalue weighted by Crippen LogP contribution is 2.11. The number of hydrogen-bond acceptors (Lipinski definition) is 1. The van der Waals surface area contributed by atoms with E-state index in [1.54, 1.807) is 0 Å². The van der Waals surface area contributed by atoms with Gasteiger partial charge in [-0.05, 0) is 44.8 Å². The largest absolute Gasteiger partial charge is 0.303 e. The van der Waals surface area contributed by atoms with Crippen LogP contribution in [0, 0.1) is 5.92 Å². The van der Waals surface area contributed by atoms with Gasteiger partial charge in [0.1, 0.15) is 0 Å². The predicted octanol–water partition coefficient (Wildman–Crippen LogP) is 7.45. The molecule has 0 aliphatic heterocycles. The minimum absolute atomic E-state index is 0.878. The molecule has 0 N–H and O–H groups in total. The Bertz CT molecular complexity index is 198. The second-order valence-corrected chi connectivity index (χ2v) is 7.91. The van der Waals surface area contributed by atoms with Crippen molar-refractivity contribution in [2.75, 3.05) is 19.6 Å². The lowest BCUT2D eigenvalue weighted by atomic mass is 10.1. The van der Waals surface area contributed by atoms with E-state index in [0.717, 1.165) is 5.92 Å². The number of hydrogen-bond donors (Lipinski definition) is 0. The minimum Gasteiger partial charge on any atom is -0.303 e. The van der Waals surface area contributed by atoms with Gasteiger partial charge in [0.2, 0.25) is 0 Å². The van der Waals surface area contributed by atoms with Gasteiger partial charge in [-0.15, -0.1) is 0 Å². The molecule has 0 atom stereocenters. The normalized spacial score (nSPS) is 11.7. The molecule has 0 amide bonds. The summed E-state index contributed by atoms with van der Waals surface area (Å²) in [6, 6.07) is 0. The zero-order valence-corrected chi connectivity index (χ0v) is 17.0. The first-order valence-corrected chi connectivity index (χ1v) is 10.9. The fourth-order valence-electron chi connectivity index (χ4n) is 3.28. The van der Waals surface area contributed by atoms with Crippen LogP contribution in [0.2, 0.25) is 0 Å². The fourth-order valence-corrected chi connectivity index (χ4v) is 3.28. The Morgan fingerprint density at radius 2 is 0.913 bits per heavy atom. The maximum Gasteiger partial charge on any atom is -0.00187 e. The molecular formula is C22H47N. The van der Waals surface area contributed by atoms with E-state index < -0.39 is 0 Å². The molecule has 0 aromatic carbocycles. The zero-order chi connectivity index (χ0) is 17.2. The second-order valence-electron chi connectivity index (χ2n) is 7.91. The van der Waals surface area contributed by atoms with Gasteiger partial charge in [-0.1, -0.05) is 98.3 Å². The first-order valence-electron chi connectivity index (χ1n) is 10.9. The van der Waals surface area contributed by atoms with Gasteiger partial charge in [-0.25, -0.2) is 0 Å². The highest BCUT2D eigenvalue weighted by atomic mass is 15.1. The van der Waals surface area contributed by atoms with Crippen molar-refractivity contribution in [3.63, 3.8) is 0 Å². The topological polar surface area (TPSA) is 3.24 Å². The van der Waals surface area contributed by atoms with Gasteiger partial charge in [0, 0.05) is 0 Å². The average molecular weight is 326 g/mol. The lowest BCUT2D eigenvalue weighted by molar-refractivity contribution is 0.253. The van der Waals surface area contributed by atoms with Crippen LogP contribution < -0.4 is 0 Å². The molecule has 0 saturated heterocycles. The third-order valence-corrected chi connectivity index (χ3v) is 4.91. The van der Waals surface area contributed by atoms with Crippen LogP contribution in [-0.4, -0.2) is 24.5 Å².